The smallest absolute Gasteiger partial charge is 0.222 e. The van der Waals surface area contributed by atoms with Crippen LogP contribution >= 0.6 is 0 Å². The summed E-state index contributed by atoms with van der Waals surface area (Å²) >= 11 is 0. The van der Waals surface area contributed by atoms with Crippen LogP contribution in [0.15, 0.2) is 61.1 Å². The Morgan fingerprint density at radius 2 is 1.81 bits per heavy atom. The van der Waals surface area contributed by atoms with Gasteiger partial charge in [-0.1, -0.05) is 18.2 Å². The number of anilines is 1. The molecule has 0 unspecified atom stereocenters. The zero-order valence-electron chi connectivity index (χ0n) is 14.1. The van der Waals surface area contributed by atoms with Crippen molar-refractivity contribution in [2.45, 2.75) is 6.54 Å². The van der Waals surface area contributed by atoms with E-state index in [1.54, 1.807) is 18.6 Å². The molecule has 0 fully saturated rings. The van der Waals surface area contributed by atoms with Crippen molar-refractivity contribution in [1.29, 1.82) is 0 Å². The van der Waals surface area contributed by atoms with Gasteiger partial charge in [0.15, 0.2) is 5.65 Å². The number of nitrogens with two attached hydrogens (primary N) is 1. The molecule has 3 heterocycles. The molecule has 0 saturated heterocycles. The van der Waals surface area contributed by atoms with Gasteiger partial charge in [0.1, 0.15) is 17.2 Å². The van der Waals surface area contributed by atoms with Crippen LogP contribution in [-0.2, 0) is 6.54 Å². The molecule has 7 nitrogen and oxygen atoms in total. The molecule has 27 heavy (non-hydrogen) atoms. The van der Waals surface area contributed by atoms with E-state index in [0.29, 0.717) is 28.7 Å². The lowest BCUT2D eigenvalue weighted by molar-refractivity contribution is 0.629. The summed E-state index contributed by atoms with van der Waals surface area (Å²) in [4.78, 5) is 17.3. The molecular weight excluding hydrogens is 345 g/mol. The highest BCUT2D eigenvalue weighted by molar-refractivity contribution is 5.78. The first kappa shape index (κ1) is 15.4. The van der Waals surface area contributed by atoms with E-state index in [2.05, 4.69) is 15.0 Å². The number of nitrogen functional groups attached to an aromatic ring is 1. The molecule has 0 atom stereocenters. The normalized spacial score (nSPS) is 11.4. The molecule has 3 aromatic heterocycles. The Balaban J connectivity index is 1.71. The molecule has 5 aromatic rings. The minimum atomic E-state index is -0.306. The monoisotopic (exact) mass is 359 g/mol. The third-order valence-corrected chi connectivity index (χ3v) is 4.39. The Morgan fingerprint density at radius 3 is 2.67 bits per heavy atom. The molecule has 5 rings (SSSR count). The fraction of sp³-hybridized carbons (Fsp3) is 0.0526. The van der Waals surface area contributed by atoms with Crippen LogP contribution < -0.4 is 5.73 Å². The van der Waals surface area contributed by atoms with E-state index in [1.807, 2.05) is 39.5 Å². The van der Waals surface area contributed by atoms with Gasteiger partial charge >= 0.3 is 0 Å². The lowest BCUT2D eigenvalue weighted by Gasteiger charge is -2.10. The molecule has 0 aliphatic rings. The van der Waals surface area contributed by atoms with Crippen molar-refractivity contribution in [1.82, 2.24) is 29.1 Å². The molecule has 0 aliphatic heterocycles. The van der Waals surface area contributed by atoms with Crippen LogP contribution in [0.3, 0.4) is 0 Å². The summed E-state index contributed by atoms with van der Waals surface area (Å²) in [6.07, 6.45) is 3.26. The van der Waals surface area contributed by atoms with Gasteiger partial charge in [-0.05, 0) is 24.3 Å². The molecule has 0 amide bonds. The van der Waals surface area contributed by atoms with Crippen LogP contribution in [0.25, 0.3) is 27.9 Å². The molecule has 0 aliphatic carbocycles. The lowest BCUT2D eigenvalue weighted by atomic mass is 10.2. The van der Waals surface area contributed by atoms with Gasteiger partial charge in [0.2, 0.25) is 5.95 Å². The van der Waals surface area contributed by atoms with Crippen LogP contribution in [0.4, 0.5) is 10.3 Å². The van der Waals surface area contributed by atoms with E-state index in [-0.39, 0.29) is 11.8 Å². The second-order valence-electron chi connectivity index (χ2n) is 6.14. The fourth-order valence-corrected chi connectivity index (χ4v) is 3.21. The predicted octanol–water partition coefficient (Wildman–Crippen LogP) is 2.93. The average Bonchev–Trinajstić information content (AvgIpc) is 3.23. The molecule has 132 valence electrons. The van der Waals surface area contributed by atoms with Crippen molar-refractivity contribution in [2.75, 3.05) is 5.73 Å². The zero-order valence-corrected chi connectivity index (χ0v) is 14.1. The number of rotatable bonds is 3. The number of aromatic nitrogens is 6. The quantitative estimate of drug-likeness (QED) is 0.535. The van der Waals surface area contributed by atoms with Crippen LogP contribution in [0.2, 0.25) is 0 Å². The molecule has 2 aromatic carbocycles. The van der Waals surface area contributed by atoms with Gasteiger partial charge in [-0.2, -0.15) is 4.98 Å². The van der Waals surface area contributed by atoms with Gasteiger partial charge in [0, 0.05) is 11.8 Å². The van der Waals surface area contributed by atoms with Crippen LogP contribution in [0.1, 0.15) is 5.82 Å². The second-order valence-corrected chi connectivity index (χ2v) is 6.14. The molecule has 0 saturated carbocycles. The lowest BCUT2D eigenvalue weighted by Crippen LogP contribution is -2.08. The summed E-state index contributed by atoms with van der Waals surface area (Å²) in [7, 11) is 0. The van der Waals surface area contributed by atoms with E-state index in [9.17, 15) is 4.39 Å². The van der Waals surface area contributed by atoms with Crippen molar-refractivity contribution in [2.24, 2.45) is 0 Å². The number of hydrogen-bond acceptors (Lipinski definition) is 5. The number of imidazole rings is 2. The molecule has 8 heteroatoms. The second kappa shape index (κ2) is 5.87. The van der Waals surface area contributed by atoms with Gasteiger partial charge < -0.3 is 10.3 Å². The maximum Gasteiger partial charge on any atom is 0.222 e. The third-order valence-electron chi connectivity index (χ3n) is 4.39. The van der Waals surface area contributed by atoms with Gasteiger partial charge in [0.25, 0.3) is 0 Å². The number of halogens is 1. The Bertz CT molecular complexity index is 1270. The van der Waals surface area contributed by atoms with Crippen LogP contribution in [0, 0.1) is 5.82 Å². The number of benzene rings is 2. The summed E-state index contributed by atoms with van der Waals surface area (Å²) in [6.45, 7) is 0.401. The molecule has 0 spiro atoms. The number of hydrogen-bond donors (Lipinski definition) is 1. The van der Waals surface area contributed by atoms with Gasteiger partial charge in [-0.25, -0.2) is 19.3 Å². The first-order valence-corrected chi connectivity index (χ1v) is 8.35. The maximum absolute atomic E-state index is 13.9. The average molecular weight is 359 g/mol. The van der Waals surface area contributed by atoms with Crippen molar-refractivity contribution in [3.05, 3.63) is 72.7 Å². The SMILES string of the molecule is Nc1ncc2ncn(Cc3nc4ccc(F)cc4n3-c3ccccc3)c2n1. The van der Waals surface area contributed by atoms with E-state index in [4.69, 9.17) is 10.7 Å². The minimum Gasteiger partial charge on any atom is -0.368 e. The van der Waals surface area contributed by atoms with E-state index >= 15 is 0 Å². The van der Waals surface area contributed by atoms with E-state index in [1.165, 1.54) is 12.1 Å². The Labute approximate surface area is 152 Å². The van der Waals surface area contributed by atoms with Gasteiger partial charge in [-0.15, -0.1) is 0 Å². The minimum absolute atomic E-state index is 0.183. The van der Waals surface area contributed by atoms with Gasteiger partial charge in [-0.3, -0.25) is 4.57 Å². The molecular formula is C19H14FN7. The molecule has 2 N–H and O–H groups in total. The summed E-state index contributed by atoms with van der Waals surface area (Å²) < 4.78 is 17.7. The largest absolute Gasteiger partial charge is 0.368 e. The van der Waals surface area contributed by atoms with Gasteiger partial charge in [0.05, 0.1) is 30.1 Å². The van der Waals surface area contributed by atoms with Crippen molar-refractivity contribution in [3.8, 4) is 5.69 Å². The zero-order chi connectivity index (χ0) is 18.4. The van der Waals surface area contributed by atoms with Crippen molar-refractivity contribution in [3.63, 3.8) is 0 Å². The summed E-state index contributed by atoms with van der Waals surface area (Å²) in [5.74, 6) is 0.612. The summed E-state index contributed by atoms with van der Waals surface area (Å²) in [5.41, 5.74) is 9.32. The highest BCUT2D eigenvalue weighted by atomic mass is 19.1. The van der Waals surface area contributed by atoms with Crippen LogP contribution in [-0.4, -0.2) is 29.1 Å². The van der Waals surface area contributed by atoms with E-state index in [0.717, 1.165) is 11.5 Å². The molecule has 0 bridgehead atoms. The number of fused-ring (bicyclic) bond motifs is 2. The predicted molar refractivity (Wildman–Crippen MR) is 99.9 cm³/mol. The summed E-state index contributed by atoms with van der Waals surface area (Å²) in [5, 5.41) is 0. The molecule has 0 radical (unpaired) electrons. The van der Waals surface area contributed by atoms with Crippen molar-refractivity contribution < 1.29 is 4.39 Å². The number of nitrogens with zero attached hydrogens (tertiary/aromatic N) is 6. The highest BCUT2D eigenvalue weighted by Crippen LogP contribution is 2.24. The topological polar surface area (TPSA) is 87.4 Å². The number of para-hydroxylation sites is 1. The first-order chi connectivity index (χ1) is 13.2. The highest BCUT2D eigenvalue weighted by Gasteiger charge is 2.15. The van der Waals surface area contributed by atoms with Crippen LogP contribution in [0.5, 0.6) is 0 Å². The van der Waals surface area contributed by atoms with E-state index < -0.39 is 0 Å². The Morgan fingerprint density at radius 1 is 0.963 bits per heavy atom. The van der Waals surface area contributed by atoms with Crippen molar-refractivity contribution >= 4 is 28.1 Å². The standard InChI is InChI=1S/C19H14FN7/c20-12-6-7-14-16(8-12)27(13-4-2-1-3-5-13)17(24-14)10-26-11-23-15-9-22-19(21)25-18(15)26/h1-9,11H,10H2,(H2,21,22,25). The Kier molecular flexibility index (Phi) is 3.36. The summed E-state index contributed by atoms with van der Waals surface area (Å²) in [6, 6.07) is 14.3. The maximum atomic E-state index is 13.9. The first-order valence-electron chi connectivity index (χ1n) is 8.35. The Hall–Kier alpha value is -3.81. The third kappa shape index (κ3) is 2.58. The fourth-order valence-electron chi connectivity index (χ4n) is 3.21.